The zero-order chi connectivity index (χ0) is 12.5. The lowest BCUT2D eigenvalue weighted by Crippen LogP contribution is -2.42. The first kappa shape index (κ1) is 12.1. The summed E-state index contributed by atoms with van der Waals surface area (Å²) in [6.45, 7) is 1.92. The summed E-state index contributed by atoms with van der Waals surface area (Å²) < 4.78 is 0. The number of guanidine groups is 1. The molecular weight excluding hydrogens is 269 g/mol. The average molecular weight is 284 g/mol. The molecule has 2 aliphatic rings. The Bertz CT molecular complexity index is 487. The lowest BCUT2D eigenvalue weighted by molar-refractivity contribution is 0.696. The molecule has 1 aromatic carbocycles. The Kier molecular flexibility index (Phi) is 3.35. The summed E-state index contributed by atoms with van der Waals surface area (Å²) in [7, 11) is 0. The van der Waals surface area contributed by atoms with Gasteiger partial charge >= 0.3 is 0 Å². The second kappa shape index (κ2) is 4.98. The Labute approximate surface area is 117 Å². The highest BCUT2D eigenvalue weighted by Crippen LogP contribution is 2.44. The predicted molar refractivity (Wildman–Crippen MR) is 75.7 cm³/mol. The van der Waals surface area contributed by atoms with Crippen LogP contribution in [0.25, 0.3) is 0 Å². The summed E-state index contributed by atoms with van der Waals surface area (Å²) in [5.41, 5.74) is 1.18. The minimum Gasteiger partial charge on any atom is -0.356 e. The molecular formula is C13H15Cl2N3. The van der Waals surface area contributed by atoms with Crippen molar-refractivity contribution in [1.29, 1.82) is 0 Å². The maximum Gasteiger partial charge on any atom is 0.191 e. The van der Waals surface area contributed by atoms with Gasteiger partial charge < -0.3 is 10.6 Å². The molecule has 0 bridgehead atoms. The third-order valence-corrected chi connectivity index (χ3v) is 3.93. The van der Waals surface area contributed by atoms with Crippen LogP contribution in [0.2, 0.25) is 10.0 Å². The number of hydrogen-bond donors (Lipinski definition) is 2. The average Bonchev–Trinajstić information content (AvgIpc) is 3.09. The molecule has 18 heavy (non-hydrogen) atoms. The van der Waals surface area contributed by atoms with Gasteiger partial charge in [-0.2, -0.15) is 0 Å². The highest BCUT2D eigenvalue weighted by molar-refractivity contribution is 6.35. The van der Waals surface area contributed by atoms with Crippen LogP contribution in [-0.2, 0) is 0 Å². The standard InChI is InChI=1S/C13H15Cl2N3/c14-8-2-3-9(11(15)6-8)10-7-12(10)18-13-16-4-1-5-17-13/h2-3,6,10,12H,1,4-5,7H2,(H2,16,17,18)/t10-,12+/m0/s1. The molecule has 1 fully saturated rings. The number of benzene rings is 1. The molecule has 1 saturated carbocycles. The maximum absolute atomic E-state index is 6.21. The fraction of sp³-hybridized carbons (Fsp3) is 0.462. The van der Waals surface area contributed by atoms with E-state index in [0.29, 0.717) is 17.0 Å². The summed E-state index contributed by atoms with van der Waals surface area (Å²) in [6.07, 6.45) is 2.21. The van der Waals surface area contributed by atoms with E-state index < -0.39 is 0 Å². The van der Waals surface area contributed by atoms with Crippen molar-refractivity contribution in [3.8, 4) is 0 Å². The predicted octanol–water partition coefficient (Wildman–Crippen LogP) is 2.79. The van der Waals surface area contributed by atoms with E-state index in [1.807, 2.05) is 18.2 Å². The van der Waals surface area contributed by atoms with Crippen LogP contribution in [-0.4, -0.2) is 25.1 Å². The van der Waals surface area contributed by atoms with Crippen molar-refractivity contribution in [1.82, 2.24) is 10.6 Å². The smallest absolute Gasteiger partial charge is 0.191 e. The second-order valence-electron chi connectivity index (χ2n) is 4.77. The molecule has 1 aliphatic heterocycles. The van der Waals surface area contributed by atoms with Crippen molar-refractivity contribution in [3.63, 3.8) is 0 Å². The Morgan fingerprint density at radius 3 is 2.94 bits per heavy atom. The maximum atomic E-state index is 6.21. The number of halogens is 2. The Morgan fingerprint density at radius 1 is 1.33 bits per heavy atom. The molecule has 0 amide bonds. The van der Waals surface area contributed by atoms with Crippen molar-refractivity contribution in [2.45, 2.75) is 24.8 Å². The van der Waals surface area contributed by atoms with Gasteiger partial charge in [0.1, 0.15) is 0 Å². The minimum atomic E-state index is 0.438. The van der Waals surface area contributed by atoms with Crippen LogP contribution in [0.15, 0.2) is 23.2 Å². The first-order valence-corrected chi connectivity index (χ1v) is 6.99. The summed E-state index contributed by atoms with van der Waals surface area (Å²) in [6, 6.07) is 6.17. The number of rotatable bonds is 2. The Balaban J connectivity index is 1.65. The van der Waals surface area contributed by atoms with Gasteiger partial charge in [-0.3, -0.25) is 4.99 Å². The first-order chi connectivity index (χ1) is 8.74. The SMILES string of the molecule is Clc1ccc([C@@H]2C[C@H]2NC2=NCCCN2)c(Cl)c1. The van der Waals surface area contributed by atoms with Gasteiger partial charge in [-0.25, -0.2) is 0 Å². The molecule has 5 heteroatoms. The topological polar surface area (TPSA) is 36.4 Å². The number of nitrogens with one attached hydrogen (secondary N) is 2. The molecule has 0 unspecified atom stereocenters. The van der Waals surface area contributed by atoms with Gasteiger partial charge in [-0.1, -0.05) is 29.3 Å². The fourth-order valence-corrected chi connectivity index (χ4v) is 2.85. The van der Waals surface area contributed by atoms with E-state index in [2.05, 4.69) is 15.6 Å². The molecule has 1 aromatic rings. The molecule has 96 valence electrons. The van der Waals surface area contributed by atoms with Crippen molar-refractivity contribution in [2.24, 2.45) is 4.99 Å². The number of nitrogens with zero attached hydrogens (tertiary/aromatic N) is 1. The lowest BCUT2D eigenvalue weighted by atomic mass is 10.1. The lowest BCUT2D eigenvalue weighted by Gasteiger charge is -2.16. The van der Waals surface area contributed by atoms with Crippen molar-refractivity contribution < 1.29 is 0 Å². The van der Waals surface area contributed by atoms with Crippen LogP contribution in [0, 0.1) is 0 Å². The Morgan fingerprint density at radius 2 is 2.22 bits per heavy atom. The quantitative estimate of drug-likeness (QED) is 0.876. The van der Waals surface area contributed by atoms with Crippen LogP contribution in [0.3, 0.4) is 0 Å². The highest BCUT2D eigenvalue weighted by atomic mass is 35.5. The normalized spacial score (nSPS) is 26.2. The van der Waals surface area contributed by atoms with E-state index in [4.69, 9.17) is 23.2 Å². The zero-order valence-corrected chi connectivity index (χ0v) is 11.4. The number of aliphatic imine (C=N–C) groups is 1. The Hall–Kier alpha value is -0.930. The second-order valence-corrected chi connectivity index (χ2v) is 5.61. The molecule has 0 saturated heterocycles. The zero-order valence-electron chi connectivity index (χ0n) is 9.92. The van der Waals surface area contributed by atoms with Crippen molar-refractivity contribution in [2.75, 3.05) is 13.1 Å². The molecule has 1 aliphatic carbocycles. The van der Waals surface area contributed by atoms with E-state index in [-0.39, 0.29) is 0 Å². The van der Waals surface area contributed by atoms with E-state index in [1.165, 1.54) is 5.56 Å². The van der Waals surface area contributed by atoms with Crippen LogP contribution < -0.4 is 10.6 Å². The van der Waals surface area contributed by atoms with Gasteiger partial charge in [0.25, 0.3) is 0 Å². The van der Waals surface area contributed by atoms with Crippen LogP contribution >= 0.6 is 23.2 Å². The van der Waals surface area contributed by atoms with Gasteiger partial charge in [0.2, 0.25) is 0 Å². The van der Waals surface area contributed by atoms with E-state index >= 15 is 0 Å². The van der Waals surface area contributed by atoms with Crippen molar-refractivity contribution in [3.05, 3.63) is 33.8 Å². The van der Waals surface area contributed by atoms with Crippen molar-refractivity contribution >= 4 is 29.2 Å². The summed E-state index contributed by atoms with van der Waals surface area (Å²) in [4.78, 5) is 4.41. The van der Waals surface area contributed by atoms with Crippen LogP contribution in [0.4, 0.5) is 0 Å². The highest BCUT2D eigenvalue weighted by Gasteiger charge is 2.40. The molecule has 2 atom stereocenters. The molecule has 3 nitrogen and oxygen atoms in total. The largest absolute Gasteiger partial charge is 0.356 e. The van der Waals surface area contributed by atoms with Gasteiger partial charge in [0, 0.05) is 35.1 Å². The molecule has 0 spiro atoms. The fourth-order valence-electron chi connectivity index (χ4n) is 2.31. The molecule has 0 radical (unpaired) electrons. The molecule has 0 aromatic heterocycles. The minimum absolute atomic E-state index is 0.438. The van der Waals surface area contributed by atoms with Gasteiger partial charge in [-0.05, 0) is 30.5 Å². The van der Waals surface area contributed by atoms with Crippen LogP contribution in [0.5, 0.6) is 0 Å². The van der Waals surface area contributed by atoms with Gasteiger partial charge in [0.15, 0.2) is 5.96 Å². The van der Waals surface area contributed by atoms with E-state index in [9.17, 15) is 0 Å². The number of hydrogen-bond acceptors (Lipinski definition) is 3. The van der Waals surface area contributed by atoms with Gasteiger partial charge in [0.05, 0.1) is 0 Å². The third kappa shape index (κ3) is 2.57. The van der Waals surface area contributed by atoms with E-state index in [0.717, 1.165) is 36.9 Å². The third-order valence-electron chi connectivity index (χ3n) is 3.37. The summed E-state index contributed by atoms with van der Waals surface area (Å²) >= 11 is 12.1. The summed E-state index contributed by atoms with van der Waals surface area (Å²) in [5, 5.41) is 8.15. The van der Waals surface area contributed by atoms with E-state index in [1.54, 1.807) is 0 Å². The molecule has 3 rings (SSSR count). The summed E-state index contributed by atoms with van der Waals surface area (Å²) in [5.74, 6) is 1.40. The van der Waals surface area contributed by atoms with Crippen LogP contribution in [0.1, 0.15) is 24.3 Å². The monoisotopic (exact) mass is 283 g/mol. The first-order valence-electron chi connectivity index (χ1n) is 6.24. The van der Waals surface area contributed by atoms with Gasteiger partial charge in [-0.15, -0.1) is 0 Å². The molecule has 1 heterocycles. The molecule has 2 N–H and O–H groups in total.